The van der Waals surface area contributed by atoms with E-state index in [1.165, 1.54) is 11.1 Å². The summed E-state index contributed by atoms with van der Waals surface area (Å²) >= 11 is 0. The van der Waals surface area contributed by atoms with Crippen molar-refractivity contribution in [2.45, 2.75) is 32.4 Å². The van der Waals surface area contributed by atoms with Crippen LogP contribution in [-0.4, -0.2) is 48.3 Å². The van der Waals surface area contributed by atoms with Crippen molar-refractivity contribution in [2.24, 2.45) is 0 Å². The van der Waals surface area contributed by atoms with E-state index < -0.39 is 0 Å². The number of aryl methyl sites for hydroxylation is 1. The monoisotopic (exact) mass is 291 g/mol. The molecule has 3 N–H and O–H groups in total. The van der Waals surface area contributed by atoms with Crippen LogP contribution in [-0.2, 0) is 6.54 Å². The molecule has 1 aromatic carbocycles. The third-order valence-electron chi connectivity index (χ3n) is 3.98. The summed E-state index contributed by atoms with van der Waals surface area (Å²) in [6.45, 7) is 5.41. The van der Waals surface area contributed by atoms with Crippen LogP contribution >= 0.6 is 0 Å². The molecular formula is C16H25N3O2. The summed E-state index contributed by atoms with van der Waals surface area (Å²) in [6, 6.07) is 8.54. The highest BCUT2D eigenvalue weighted by Crippen LogP contribution is 2.16. The van der Waals surface area contributed by atoms with Gasteiger partial charge in [-0.15, -0.1) is 0 Å². The molecule has 1 heterocycles. The highest BCUT2D eigenvalue weighted by atomic mass is 16.3. The van der Waals surface area contributed by atoms with Crippen molar-refractivity contribution in [3.8, 4) is 0 Å². The number of amides is 2. The average Bonchev–Trinajstić information content (AvgIpc) is 2.49. The first kappa shape index (κ1) is 15.8. The molecule has 0 aromatic heterocycles. The largest absolute Gasteiger partial charge is 0.395 e. The van der Waals surface area contributed by atoms with Gasteiger partial charge in [0.25, 0.3) is 0 Å². The van der Waals surface area contributed by atoms with Gasteiger partial charge in [0.1, 0.15) is 0 Å². The maximum Gasteiger partial charge on any atom is 0.315 e. The van der Waals surface area contributed by atoms with Crippen LogP contribution in [0.15, 0.2) is 24.3 Å². The van der Waals surface area contributed by atoms with Gasteiger partial charge in [-0.3, -0.25) is 4.90 Å². The van der Waals surface area contributed by atoms with Crippen LogP contribution in [0.5, 0.6) is 0 Å². The van der Waals surface area contributed by atoms with Crippen molar-refractivity contribution in [1.29, 1.82) is 0 Å². The molecule has 2 rings (SSSR count). The fraction of sp³-hybridized carbons (Fsp3) is 0.562. The molecule has 5 nitrogen and oxygen atoms in total. The predicted octanol–water partition coefficient (Wildman–Crippen LogP) is 1.25. The molecule has 0 bridgehead atoms. The number of benzene rings is 1. The number of nitrogens with one attached hydrogen (secondary N) is 2. The molecule has 0 unspecified atom stereocenters. The zero-order valence-corrected chi connectivity index (χ0v) is 12.6. The highest BCUT2D eigenvalue weighted by Gasteiger charge is 2.20. The molecule has 1 aromatic rings. The number of carbonyl (C=O) groups excluding carboxylic acids is 1. The number of hydrogen-bond donors (Lipinski definition) is 3. The summed E-state index contributed by atoms with van der Waals surface area (Å²) in [5.41, 5.74) is 2.71. The molecule has 1 fully saturated rings. The van der Waals surface area contributed by atoms with Gasteiger partial charge in [0.05, 0.1) is 6.61 Å². The van der Waals surface area contributed by atoms with E-state index in [9.17, 15) is 4.79 Å². The number of carbonyl (C=O) groups is 1. The Hall–Kier alpha value is -1.59. The van der Waals surface area contributed by atoms with Gasteiger partial charge in [0.15, 0.2) is 0 Å². The average molecular weight is 291 g/mol. The fourth-order valence-electron chi connectivity index (χ4n) is 2.67. The Morgan fingerprint density at radius 1 is 1.33 bits per heavy atom. The van der Waals surface area contributed by atoms with Gasteiger partial charge >= 0.3 is 6.03 Å². The maximum absolute atomic E-state index is 11.5. The van der Waals surface area contributed by atoms with Gasteiger partial charge in [-0.05, 0) is 30.9 Å². The standard InChI is InChI=1S/C16H25N3O2/c1-13-4-2-3-5-14(13)12-19-9-6-15(7-10-19)18-16(21)17-8-11-20/h2-5,15,20H,6-12H2,1H3,(H2,17,18,21). The smallest absolute Gasteiger partial charge is 0.315 e. The normalized spacial score (nSPS) is 16.7. The van der Waals surface area contributed by atoms with Gasteiger partial charge in [-0.25, -0.2) is 4.79 Å². The van der Waals surface area contributed by atoms with E-state index in [0.717, 1.165) is 32.5 Å². The Morgan fingerprint density at radius 2 is 2.05 bits per heavy atom. The second-order valence-electron chi connectivity index (χ2n) is 5.60. The number of rotatable bonds is 5. The molecule has 0 aliphatic carbocycles. The van der Waals surface area contributed by atoms with E-state index in [1.54, 1.807) is 0 Å². The zero-order valence-electron chi connectivity index (χ0n) is 12.6. The summed E-state index contributed by atoms with van der Waals surface area (Å²) in [4.78, 5) is 14.0. The van der Waals surface area contributed by atoms with Gasteiger partial charge < -0.3 is 15.7 Å². The van der Waals surface area contributed by atoms with Gasteiger partial charge in [0, 0.05) is 32.2 Å². The quantitative estimate of drug-likeness (QED) is 0.765. The first-order chi connectivity index (χ1) is 10.2. The number of hydrogen-bond acceptors (Lipinski definition) is 3. The van der Waals surface area contributed by atoms with Crippen molar-refractivity contribution in [1.82, 2.24) is 15.5 Å². The zero-order chi connectivity index (χ0) is 15.1. The number of aliphatic hydroxyl groups excluding tert-OH is 1. The van der Waals surface area contributed by atoms with Crippen molar-refractivity contribution in [2.75, 3.05) is 26.2 Å². The number of likely N-dealkylation sites (tertiary alicyclic amines) is 1. The van der Waals surface area contributed by atoms with Crippen molar-refractivity contribution in [3.63, 3.8) is 0 Å². The summed E-state index contributed by atoms with van der Waals surface area (Å²) in [5.74, 6) is 0. The molecule has 21 heavy (non-hydrogen) atoms. The molecule has 116 valence electrons. The summed E-state index contributed by atoms with van der Waals surface area (Å²) < 4.78 is 0. The van der Waals surface area contributed by atoms with Crippen molar-refractivity contribution < 1.29 is 9.90 Å². The molecule has 1 saturated heterocycles. The number of piperidine rings is 1. The van der Waals surface area contributed by atoms with Crippen LogP contribution in [0.4, 0.5) is 4.79 Å². The lowest BCUT2D eigenvalue weighted by molar-refractivity contribution is 0.185. The van der Waals surface area contributed by atoms with E-state index in [2.05, 4.69) is 46.7 Å². The van der Waals surface area contributed by atoms with E-state index in [4.69, 9.17) is 5.11 Å². The van der Waals surface area contributed by atoms with Gasteiger partial charge in [-0.2, -0.15) is 0 Å². The summed E-state index contributed by atoms with van der Waals surface area (Å²) in [5, 5.41) is 14.3. The summed E-state index contributed by atoms with van der Waals surface area (Å²) in [7, 11) is 0. The van der Waals surface area contributed by atoms with Gasteiger partial charge in [0.2, 0.25) is 0 Å². The molecular weight excluding hydrogens is 266 g/mol. The topological polar surface area (TPSA) is 64.6 Å². The van der Waals surface area contributed by atoms with Crippen molar-refractivity contribution in [3.05, 3.63) is 35.4 Å². The predicted molar refractivity (Wildman–Crippen MR) is 83.1 cm³/mol. The lowest BCUT2D eigenvalue weighted by Gasteiger charge is -2.32. The van der Waals surface area contributed by atoms with Crippen LogP contribution in [0.2, 0.25) is 0 Å². The third kappa shape index (κ3) is 5.02. The number of urea groups is 1. The minimum absolute atomic E-state index is 0.0255. The van der Waals surface area contributed by atoms with E-state index in [1.807, 2.05) is 0 Å². The van der Waals surface area contributed by atoms with Crippen LogP contribution in [0, 0.1) is 6.92 Å². The Bertz CT molecular complexity index is 457. The highest BCUT2D eigenvalue weighted by molar-refractivity contribution is 5.74. The minimum Gasteiger partial charge on any atom is -0.395 e. The molecule has 5 heteroatoms. The number of aliphatic hydroxyl groups is 1. The fourth-order valence-corrected chi connectivity index (χ4v) is 2.67. The molecule has 0 radical (unpaired) electrons. The number of nitrogens with zero attached hydrogens (tertiary/aromatic N) is 1. The van der Waals surface area contributed by atoms with Crippen molar-refractivity contribution >= 4 is 6.03 Å². The van der Waals surface area contributed by atoms with E-state index in [0.29, 0.717) is 6.54 Å². The Balaban J connectivity index is 1.73. The third-order valence-corrected chi connectivity index (χ3v) is 3.98. The van der Waals surface area contributed by atoms with Crippen LogP contribution < -0.4 is 10.6 Å². The SMILES string of the molecule is Cc1ccccc1CN1CCC(NC(=O)NCCO)CC1. The van der Waals surface area contributed by atoms with E-state index >= 15 is 0 Å². The molecule has 0 spiro atoms. The van der Waals surface area contributed by atoms with Crippen LogP contribution in [0.1, 0.15) is 24.0 Å². The molecule has 2 amide bonds. The Kier molecular flexibility index (Phi) is 6.02. The molecule has 1 aliphatic rings. The Morgan fingerprint density at radius 3 is 2.71 bits per heavy atom. The molecule has 1 aliphatic heterocycles. The van der Waals surface area contributed by atoms with Gasteiger partial charge in [-0.1, -0.05) is 24.3 Å². The molecule has 0 atom stereocenters. The summed E-state index contributed by atoms with van der Waals surface area (Å²) in [6.07, 6.45) is 1.94. The van der Waals surface area contributed by atoms with Crippen LogP contribution in [0.25, 0.3) is 0 Å². The second-order valence-corrected chi connectivity index (χ2v) is 5.60. The van der Waals surface area contributed by atoms with Crippen LogP contribution in [0.3, 0.4) is 0 Å². The molecule has 0 saturated carbocycles. The first-order valence-electron chi connectivity index (χ1n) is 7.61. The maximum atomic E-state index is 11.5. The lowest BCUT2D eigenvalue weighted by Crippen LogP contribution is -2.48. The first-order valence-corrected chi connectivity index (χ1v) is 7.61. The minimum atomic E-state index is -0.179. The Labute approximate surface area is 126 Å². The van der Waals surface area contributed by atoms with E-state index in [-0.39, 0.29) is 18.7 Å². The second kappa shape index (κ2) is 8.00. The lowest BCUT2D eigenvalue weighted by atomic mass is 10.0.